The summed E-state index contributed by atoms with van der Waals surface area (Å²) in [6.07, 6.45) is 1.62. The van der Waals surface area contributed by atoms with E-state index in [-0.39, 0.29) is 5.84 Å². The van der Waals surface area contributed by atoms with Crippen LogP contribution in [0.1, 0.15) is 19.5 Å². The highest BCUT2D eigenvalue weighted by atomic mass is 16.5. The fourth-order valence-electron chi connectivity index (χ4n) is 1.57. The molecule has 18 heavy (non-hydrogen) atoms. The third-order valence-electron chi connectivity index (χ3n) is 2.35. The highest BCUT2D eigenvalue weighted by molar-refractivity contribution is 5.93. The Bertz CT molecular complexity index is 394. The molecule has 0 aliphatic carbocycles. The van der Waals surface area contributed by atoms with Crippen LogP contribution in [-0.4, -0.2) is 42.6 Å². The molecule has 0 aromatic carbocycles. The highest BCUT2D eigenvalue weighted by Crippen LogP contribution is 2.10. The fourth-order valence-corrected chi connectivity index (χ4v) is 1.57. The third-order valence-corrected chi connectivity index (χ3v) is 2.35. The number of hydrogen-bond donors (Lipinski definition) is 2. The zero-order valence-electron chi connectivity index (χ0n) is 11.2. The lowest BCUT2D eigenvalue weighted by Crippen LogP contribution is -2.33. The molecule has 1 heterocycles. The SMILES string of the molecule is COCCN(CC(C)C)c1nccc(C(=N)N)n1. The van der Waals surface area contributed by atoms with E-state index in [4.69, 9.17) is 15.9 Å². The molecule has 0 atom stereocenters. The second-order valence-corrected chi connectivity index (χ2v) is 4.49. The summed E-state index contributed by atoms with van der Waals surface area (Å²) in [5.41, 5.74) is 5.88. The normalized spacial score (nSPS) is 10.7. The molecule has 0 spiro atoms. The first-order valence-electron chi connectivity index (χ1n) is 5.96. The van der Waals surface area contributed by atoms with Crippen LogP contribution in [0.5, 0.6) is 0 Å². The molecule has 0 aliphatic rings. The minimum atomic E-state index is -0.0464. The van der Waals surface area contributed by atoms with Gasteiger partial charge in [-0.3, -0.25) is 5.41 Å². The summed E-state index contributed by atoms with van der Waals surface area (Å²) >= 11 is 0. The molecule has 6 nitrogen and oxygen atoms in total. The number of rotatable bonds is 7. The number of amidine groups is 1. The lowest BCUT2D eigenvalue weighted by molar-refractivity contribution is 0.204. The molecule has 0 unspecified atom stereocenters. The Morgan fingerprint density at radius 3 is 2.83 bits per heavy atom. The molecule has 6 heteroatoms. The summed E-state index contributed by atoms with van der Waals surface area (Å²) in [7, 11) is 1.67. The number of nitrogens with one attached hydrogen (secondary N) is 1. The first kappa shape index (κ1) is 14.4. The number of nitrogens with two attached hydrogens (primary N) is 1. The van der Waals surface area contributed by atoms with E-state index in [9.17, 15) is 0 Å². The maximum atomic E-state index is 7.40. The topological polar surface area (TPSA) is 88.1 Å². The fraction of sp³-hybridized carbons (Fsp3) is 0.583. The van der Waals surface area contributed by atoms with Crippen molar-refractivity contribution >= 4 is 11.8 Å². The Labute approximate surface area is 108 Å². The Morgan fingerprint density at radius 2 is 2.28 bits per heavy atom. The number of ether oxygens (including phenoxy) is 1. The second kappa shape index (κ2) is 6.90. The van der Waals surface area contributed by atoms with Crippen molar-refractivity contribution in [2.24, 2.45) is 11.7 Å². The number of hydrogen-bond acceptors (Lipinski definition) is 5. The van der Waals surface area contributed by atoms with Gasteiger partial charge in [-0.25, -0.2) is 9.97 Å². The van der Waals surface area contributed by atoms with Gasteiger partial charge in [-0.2, -0.15) is 0 Å². The molecule has 0 saturated heterocycles. The average molecular weight is 251 g/mol. The summed E-state index contributed by atoms with van der Waals surface area (Å²) in [6, 6.07) is 1.63. The molecule has 0 saturated carbocycles. The van der Waals surface area contributed by atoms with Crippen molar-refractivity contribution in [2.45, 2.75) is 13.8 Å². The molecule has 0 fully saturated rings. The van der Waals surface area contributed by atoms with E-state index < -0.39 is 0 Å². The quantitative estimate of drug-likeness (QED) is 0.554. The summed E-state index contributed by atoms with van der Waals surface area (Å²) in [5, 5.41) is 7.40. The van der Waals surface area contributed by atoms with Crippen molar-refractivity contribution < 1.29 is 4.74 Å². The van der Waals surface area contributed by atoms with Crippen molar-refractivity contribution in [3.05, 3.63) is 18.0 Å². The van der Waals surface area contributed by atoms with Gasteiger partial charge in [0.25, 0.3) is 0 Å². The minimum absolute atomic E-state index is 0.0464. The number of methoxy groups -OCH3 is 1. The molecular formula is C12H21N5O. The van der Waals surface area contributed by atoms with Gasteiger partial charge in [0.15, 0.2) is 0 Å². The maximum Gasteiger partial charge on any atom is 0.226 e. The molecule has 1 aromatic heterocycles. The van der Waals surface area contributed by atoms with Crippen LogP contribution in [0.2, 0.25) is 0 Å². The van der Waals surface area contributed by atoms with Gasteiger partial charge in [0.1, 0.15) is 11.5 Å². The Hall–Kier alpha value is -1.69. The molecule has 100 valence electrons. The van der Waals surface area contributed by atoms with Crippen molar-refractivity contribution in [1.29, 1.82) is 5.41 Å². The van der Waals surface area contributed by atoms with Crippen molar-refractivity contribution in [1.82, 2.24) is 9.97 Å². The molecule has 0 amide bonds. The van der Waals surface area contributed by atoms with Gasteiger partial charge in [0, 0.05) is 26.4 Å². The second-order valence-electron chi connectivity index (χ2n) is 4.49. The van der Waals surface area contributed by atoms with Crippen molar-refractivity contribution in [3.63, 3.8) is 0 Å². The van der Waals surface area contributed by atoms with Gasteiger partial charge >= 0.3 is 0 Å². The molecular weight excluding hydrogens is 230 g/mol. The minimum Gasteiger partial charge on any atom is -0.383 e. The van der Waals surface area contributed by atoms with Crippen LogP contribution in [0.4, 0.5) is 5.95 Å². The highest BCUT2D eigenvalue weighted by Gasteiger charge is 2.12. The first-order chi connectivity index (χ1) is 8.54. The van der Waals surface area contributed by atoms with Crippen LogP contribution in [-0.2, 0) is 4.74 Å². The summed E-state index contributed by atoms with van der Waals surface area (Å²) in [6.45, 7) is 6.43. The van der Waals surface area contributed by atoms with E-state index in [2.05, 4.69) is 23.8 Å². The van der Waals surface area contributed by atoms with Crippen molar-refractivity contribution in [2.75, 3.05) is 31.7 Å². The first-order valence-corrected chi connectivity index (χ1v) is 5.96. The van der Waals surface area contributed by atoms with E-state index >= 15 is 0 Å². The van der Waals surface area contributed by atoms with E-state index in [1.165, 1.54) is 0 Å². The number of nitrogens with zero attached hydrogens (tertiary/aromatic N) is 3. The van der Waals surface area contributed by atoms with Gasteiger partial charge in [0.05, 0.1) is 6.61 Å². The van der Waals surface area contributed by atoms with E-state index in [1.807, 2.05) is 4.90 Å². The standard InChI is InChI=1S/C12H21N5O/c1-9(2)8-17(6-7-18-3)12-15-5-4-10(16-12)11(13)14/h4-5,9H,6-8H2,1-3H3,(H3,13,14). The van der Waals surface area contributed by atoms with Crippen LogP contribution in [0.25, 0.3) is 0 Å². The third kappa shape index (κ3) is 4.29. The van der Waals surface area contributed by atoms with E-state index in [1.54, 1.807) is 19.4 Å². The molecule has 0 radical (unpaired) electrons. The van der Waals surface area contributed by atoms with Crippen LogP contribution in [0.15, 0.2) is 12.3 Å². The molecule has 0 bridgehead atoms. The van der Waals surface area contributed by atoms with Crippen molar-refractivity contribution in [3.8, 4) is 0 Å². The van der Waals surface area contributed by atoms with Crippen LogP contribution >= 0.6 is 0 Å². The largest absolute Gasteiger partial charge is 0.383 e. The average Bonchev–Trinajstić information content (AvgIpc) is 2.34. The van der Waals surface area contributed by atoms with Gasteiger partial charge < -0.3 is 15.4 Å². The summed E-state index contributed by atoms with van der Waals surface area (Å²) in [4.78, 5) is 10.6. The Morgan fingerprint density at radius 1 is 1.56 bits per heavy atom. The lowest BCUT2D eigenvalue weighted by Gasteiger charge is -2.24. The predicted molar refractivity (Wildman–Crippen MR) is 72.0 cm³/mol. The molecule has 1 rings (SSSR count). The Kier molecular flexibility index (Phi) is 5.51. The van der Waals surface area contributed by atoms with E-state index in [0.29, 0.717) is 24.2 Å². The van der Waals surface area contributed by atoms with Crippen LogP contribution < -0.4 is 10.6 Å². The number of nitrogen functional groups attached to an aromatic ring is 1. The van der Waals surface area contributed by atoms with Gasteiger partial charge in [-0.1, -0.05) is 13.8 Å². The molecule has 3 N–H and O–H groups in total. The molecule has 1 aromatic rings. The zero-order valence-corrected chi connectivity index (χ0v) is 11.2. The lowest BCUT2D eigenvalue weighted by atomic mass is 10.2. The van der Waals surface area contributed by atoms with Gasteiger partial charge in [0.2, 0.25) is 5.95 Å². The monoisotopic (exact) mass is 251 g/mol. The zero-order chi connectivity index (χ0) is 13.5. The Balaban J connectivity index is 2.89. The number of anilines is 1. The van der Waals surface area contributed by atoms with Gasteiger partial charge in [-0.05, 0) is 12.0 Å². The smallest absolute Gasteiger partial charge is 0.226 e. The van der Waals surface area contributed by atoms with Crippen LogP contribution in [0.3, 0.4) is 0 Å². The van der Waals surface area contributed by atoms with Gasteiger partial charge in [-0.15, -0.1) is 0 Å². The predicted octanol–water partition coefficient (Wildman–Crippen LogP) is 0.869. The van der Waals surface area contributed by atoms with E-state index in [0.717, 1.165) is 13.1 Å². The number of aromatic nitrogens is 2. The summed E-state index contributed by atoms with van der Waals surface area (Å²) in [5.74, 6) is 1.04. The summed E-state index contributed by atoms with van der Waals surface area (Å²) < 4.78 is 5.09. The van der Waals surface area contributed by atoms with Crippen LogP contribution in [0, 0.1) is 11.3 Å². The molecule has 0 aliphatic heterocycles. The maximum absolute atomic E-state index is 7.40.